The summed E-state index contributed by atoms with van der Waals surface area (Å²) in [6.45, 7) is 2.58. The van der Waals surface area contributed by atoms with Gasteiger partial charge in [0.05, 0.1) is 19.4 Å². The summed E-state index contributed by atoms with van der Waals surface area (Å²) >= 11 is 3.37. The monoisotopic (exact) mass is 259 g/mol. The van der Waals surface area contributed by atoms with Gasteiger partial charge in [-0.05, 0) is 12.5 Å². The summed E-state index contributed by atoms with van der Waals surface area (Å²) in [7, 11) is 3.33. The van der Waals surface area contributed by atoms with Crippen LogP contribution in [0.5, 0.6) is 5.75 Å². The normalized spacial score (nSPS) is 10.3. The fourth-order valence-corrected chi connectivity index (χ4v) is 1.74. The highest BCUT2D eigenvalue weighted by Crippen LogP contribution is 2.26. The van der Waals surface area contributed by atoms with E-state index in [1.54, 1.807) is 14.2 Å². The van der Waals surface area contributed by atoms with Crippen molar-refractivity contribution in [3.05, 3.63) is 23.0 Å². The molecule has 0 aliphatic carbocycles. The Morgan fingerprint density at radius 1 is 1.43 bits per heavy atom. The van der Waals surface area contributed by atoms with Crippen molar-refractivity contribution in [1.29, 1.82) is 0 Å². The molecule has 0 aliphatic heterocycles. The van der Waals surface area contributed by atoms with Crippen LogP contribution in [0.3, 0.4) is 0 Å². The lowest BCUT2D eigenvalue weighted by atomic mass is 10.1. The lowest BCUT2D eigenvalue weighted by Crippen LogP contribution is -2.01. The lowest BCUT2D eigenvalue weighted by molar-refractivity contribution is 0.183. The summed E-state index contributed by atoms with van der Waals surface area (Å²) in [5, 5.41) is 0.699. The quantitative estimate of drug-likeness (QED) is 0.779. The Balaban J connectivity index is 3.13. The van der Waals surface area contributed by atoms with E-state index >= 15 is 0 Å². The smallest absolute Gasteiger partial charge is 0.144 e. The van der Waals surface area contributed by atoms with Gasteiger partial charge in [0.1, 0.15) is 5.75 Å². The molecule has 1 aromatic heterocycles. The molecule has 4 heteroatoms. The van der Waals surface area contributed by atoms with Crippen LogP contribution in [0.2, 0.25) is 0 Å². The molecule has 0 aromatic carbocycles. The van der Waals surface area contributed by atoms with Crippen molar-refractivity contribution in [2.45, 2.75) is 18.9 Å². The SMILES string of the molecule is COCc1cnc(CBr)c(OC)c1C. The number of nitrogens with zero attached hydrogens (tertiary/aromatic N) is 1. The maximum Gasteiger partial charge on any atom is 0.144 e. The number of hydrogen-bond acceptors (Lipinski definition) is 3. The van der Waals surface area contributed by atoms with Gasteiger partial charge in [-0.1, -0.05) is 15.9 Å². The van der Waals surface area contributed by atoms with Crippen molar-refractivity contribution in [2.24, 2.45) is 0 Å². The Kier molecular flexibility index (Phi) is 4.35. The number of ether oxygens (including phenoxy) is 2. The van der Waals surface area contributed by atoms with Crippen molar-refractivity contribution in [1.82, 2.24) is 4.98 Å². The van der Waals surface area contributed by atoms with Gasteiger partial charge in [-0.2, -0.15) is 0 Å². The second-order valence-corrected chi connectivity index (χ2v) is 3.52. The third kappa shape index (κ3) is 2.25. The maximum atomic E-state index is 5.31. The zero-order chi connectivity index (χ0) is 10.6. The van der Waals surface area contributed by atoms with Crippen molar-refractivity contribution in [2.75, 3.05) is 14.2 Å². The molecule has 1 heterocycles. The van der Waals surface area contributed by atoms with Crippen LogP contribution in [-0.4, -0.2) is 19.2 Å². The first kappa shape index (κ1) is 11.5. The van der Waals surface area contributed by atoms with Crippen LogP contribution in [0.15, 0.2) is 6.20 Å². The molecule has 0 spiro atoms. The molecular weight excluding hydrogens is 246 g/mol. The van der Waals surface area contributed by atoms with Crippen molar-refractivity contribution >= 4 is 15.9 Å². The van der Waals surface area contributed by atoms with Crippen LogP contribution in [0, 0.1) is 6.92 Å². The predicted octanol–water partition coefficient (Wildman–Crippen LogP) is 2.44. The van der Waals surface area contributed by atoms with Gasteiger partial charge in [0.2, 0.25) is 0 Å². The van der Waals surface area contributed by atoms with E-state index in [1.165, 1.54) is 0 Å². The minimum atomic E-state index is 0.567. The Morgan fingerprint density at radius 2 is 2.14 bits per heavy atom. The molecule has 14 heavy (non-hydrogen) atoms. The fraction of sp³-hybridized carbons (Fsp3) is 0.500. The van der Waals surface area contributed by atoms with Crippen LogP contribution >= 0.6 is 15.9 Å². The molecule has 1 rings (SSSR count). The summed E-state index contributed by atoms with van der Waals surface area (Å²) < 4.78 is 10.4. The second-order valence-electron chi connectivity index (χ2n) is 2.96. The fourth-order valence-electron chi connectivity index (χ4n) is 1.34. The van der Waals surface area contributed by atoms with Crippen LogP contribution in [0.4, 0.5) is 0 Å². The summed E-state index contributed by atoms with van der Waals surface area (Å²) in [5.41, 5.74) is 3.08. The van der Waals surface area contributed by atoms with Gasteiger partial charge >= 0.3 is 0 Å². The average molecular weight is 260 g/mol. The molecule has 0 N–H and O–H groups in total. The first-order valence-electron chi connectivity index (χ1n) is 4.30. The van der Waals surface area contributed by atoms with Gasteiger partial charge in [-0.3, -0.25) is 4.98 Å². The molecule has 0 unspecified atom stereocenters. The van der Waals surface area contributed by atoms with Crippen molar-refractivity contribution in [3.63, 3.8) is 0 Å². The topological polar surface area (TPSA) is 31.4 Å². The highest BCUT2D eigenvalue weighted by molar-refractivity contribution is 9.08. The first-order valence-corrected chi connectivity index (χ1v) is 5.43. The standard InChI is InChI=1S/C10H14BrNO2/c1-7-8(6-13-2)5-12-9(4-11)10(7)14-3/h5H,4,6H2,1-3H3. The van der Waals surface area contributed by atoms with Crippen LogP contribution in [0.1, 0.15) is 16.8 Å². The number of aromatic nitrogens is 1. The molecule has 78 valence electrons. The van der Waals surface area contributed by atoms with Crippen LogP contribution in [0.25, 0.3) is 0 Å². The van der Waals surface area contributed by atoms with E-state index in [9.17, 15) is 0 Å². The number of alkyl halides is 1. The molecule has 0 bridgehead atoms. The van der Waals surface area contributed by atoms with Crippen LogP contribution < -0.4 is 4.74 Å². The molecule has 0 amide bonds. The molecule has 0 fully saturated rings. The van der Waals surface area contributed by atoms with Gasteiger partial charge in [0.25, 0.3) is 0 Å². The average Bonchev–Trinajstić information content (AvgIpc) is 2.21. The van der Waals surface area contributed by atoms with Crippen molar-refractivity contribution in [3.8, 4) is 5.75 Å². The van der Waals surface area contributed by atoms with Crippen molar-refractivity contribution < 1.29 is 9.47 Å². The highest BCUT2D eigenvalue weighted by Gasteiger charge is 2.10. The number of halogens is 1. The lowest BCUT2D eigenvalue weighted by Gasteiger charge is -2.12. The number of methoxy groups -OCH3 is 2. The van der Waals surface area contributed by atoms with E-state index in [4.69, 9.17) is 9.47 Å². The Hall–Kier alpha value is -0.610. The van der Waals surface area contributed by atoms with E-state index in [0.29, 0.717) is 11.9 Å². The Labute approximate surface area is 92.6 Å². The van der Waals surface area contributed by atoms with E-state index in [0.717, 1.165) is 22.6 Å². The maximum absolute atomic E-state index is 5.31. The summed E-state index contributed by atoms with van der Waals surface area (Å²) in [6, 6.07) is 0. The van der Waals surface area contributed by atoms with Gasteiger partial charge in [0.15, 0.2) is 0 Å². The van der Waals surface area contributed by atoms with Crippen LogP contribution in [-0.2, 0) is 16.7 Å². The summed E-state index contributed by atoms with van der Waals surface area (Å²) in [5.74, 6) is 0.844. The molecule has 0 aliphatic rings. The molecule has 0 radical (unpaired) electrons. The number of rotatable bonds is 4. The molecule has 1 aromatic rings. The highest BCUT2D eigenvalue weighted by atomic mass is 79.9. The molecular formula is C10H14BrNO2. The third-order valence-electron chi connectivity index (χ3n) is 2.09. The molecule has 0 saturated carbocycles. The number of pyridine rings is 1. The Bertz CT molecular complexity index is 315. The third-order valence-corrected chi connectivity index (χ3v) is 2.62. The van der Waals surface area contributed by atoms with E-state index in [1.807, 2.05) is 13.1 Å². The van der Waals surface area contributed by atoms with Gasteiger partial charge in [0, 0.05) is 24.2 Å². The van der Waals surface area contributed by atoms with E-state index < -0.39 is 0 Å². The summed E-state index contributed by atoms with van der Waals surface area (Å²) in [4.78, 5) is 4.30. The zero-order valence-electron chi connectivity index (χ0n) is 8.63. The first-order chi connectivity index (χ1) is 6.74. The Morgan fingerprint density at radius 3 is 2.64 bits per heavy atom. The van der Waals surface area contributed by atoms with Gasteiger partial charge in [-0.15, -0.1) is 0 Å². The van der Waals surface area contributed by atoms with Gasteiger partial charge in [-0.25, -0.2) is 0 Å². The molecule has 0 atom stereocenters. The molecule has 0 saturated heterocycles. The minimum Gasteiger partial charge on any atom is -0.495 e. The largest absolute Gasteiger partial charge is 0.495 e. The van der Waals surface area contributed by atoms with E-state index in [2.05, 4.69) is 20.9 Å². The minimum absolute atomic E-state index is 0.567. The zero-order valence-corrected chi connectivity index (χ0v) is 10.2. The van der Waals surface area contributed by atoms with Gasteiger partial charge < -0.3 is 9.47 Å². The molecule has 3 nitrogen and oxygen atoms in total. The van der Waals surface area contributed by atoms with E-state index in [-0.39, 0.29) is 0 Å². The predicted molar refractivity (Wildman–Crippen MR) is 58.9 cm³/mol. The summed E-state index contributed by atoms with van der Waals surface area (Å²) in [6.07, 6.45) is 1.83. The second kappa shape index (κ2) is 5.32. The number of hydrogen-bond donors (Lipinski definition) is 0.